The molecule has 2 nitrogen and oxygen atoms in total. The molecule has 0 N–H and O–H groups in total. The molecule has 0 radical (unpaired) electrons. The van der Waals surface area contributed by atoms with Gasteiger partial charge in [0.1, 0.15) is 0 Å². The lowest BCUT2D eigenvalue weighted by atomic mass is 9.99. The molecule has 2 heteroatoms. The standard InChI is InChI=1S/C24H38N2/c1-8-16-25(17-9-2)19-23(11-4)26(20(5)6)18-22(10-3)24-15-13-12-14-21(24)7/h11-15,18H,5,8-10,16-17,19H2,1-4,6-7H3/b22-18+,23-11-. The van der Waals surface area contributed by atoms with Crippen LogP contribution in [0.2, 0.25) is 0 Å². The molecule has 0 fully saturated rings. The van der Waals surface area contributed by atoms with Crippen LogP contribution in [0, 0.1) is 6.92 Å². The Balaban J connectivity index is 3.19. The molecule has 1 rings (SSSR count). The number of hydrogen-bond donors (Lipinski definition) is 0. The lowest BCUT2D eigenvalue weighted by Gasteiger charge is -2.30. The molecule has 0 aliphatic rings. The van der Waals surface area contributed by atoms with E-state index in [-0.39, 0.29) is 0 Å². The molecule has 144 valence electrons. The Kier molecular flexibility index (Phi) is 10.0. The predicted octanol–water partition coefficient (Wildman–Crippen LogP) is 6.61. The van der Waals surface area contributed by atoms with Crippen molar-refractivity contribution in [3.63, 3.8) is 0 Å². The first kappa shape index (κ1) is 22.2. The van der Waals surface area contributed by atoms with Crippen LogP contribution in [0.3, 0.4) is 0 Å². The van der Waals surface area contributed by atoms with Gasteiger partial charge < -0.3 is 4.90 Å². The number of benzene rings is 1. The number of hydrogen-bond acceptors (Lipinski definition) is 2. The maximum atomic E-state index is 4.25. The minimum atomic E-state index is 0.965. The van der Waals surface area contributed by atoms with Gasteiger partial charge in [-0.1, -0.05) is 57.7 Å². The lowest BCUT2D eigenvalue weighted by Crippen LogP contribution is -2.32. The molecule has 0 atom stereocenters. The van der Waals surface area contributed by atoms with Crippen molar-refractivity contribution in [3.05, 3.63) is 65.6 Å². The van der Waals surface area contributed by atoms with Crippen molar-refractivity contribution in [3.8, 4) is 0 Å². The van der Waals surface area contributed by atoms with E-state index in [1.165, 1.54) is 35.2 Å². The molecule has 1 aromatic rings. The van der Waals surface area contributed by atoms with Crippen molar-refractivity contribution >= 4 is 5.57 Å². The Morgan fingerprint density at radius 2 is 1.69 bits per heavy atom. The van der Waals surface area contributed by atoms with Crippen molar-refractivity contribution in [2.45, 2.75) is 60.8 Å². The minimum absolute atomic E-state index is 0.965. The summed E-state index contributed by atoms with van der Waals surface area (Å²) in [5.74, 6) is 0. The summed E-state index contributed by atoms with van der Waals surface area (Å²) >= 11 is 0. The highest BCUT2D eigenvalue weighted by atomic mass is 15.2. The molecule has 1 aromatic carbocycles. The summed E-state index contributed by atoms with van der Waals surface area (Å²) in [5, 5.41) is 0. The van der Waals surface area contributed by atoms with Gasteiger partial charge in [0.2, 0.25) is 0 Å². The van der Waals surface area contributed by atoms with Gasteiger partial charge in [0, 0.05) is 24.1 Å². The second-order valence-electron chi connectivity index (χ2n) is 6.98. The van der Waals surface area contributed by atoms with E-state index in [2.05, 4.69) is 94.5 Å². The Morgan fingerprint density at radius 1 is 1.08 bits per heavy atom. The van der Waals surface area contributed by atoms with Crippen molar-refractivity contribution in [2.24, 2.45) is 0 Å². The number of allylic oxidation sites excluding steroid dienone is 3. The SMILES string of the molecule is C=C(C)N(/C=C(\CC)c1ccccc1C)/C(=C\C)CN(CCC)CCC. The van der Waals surface area contributed by atoms with Gasteiger partial charge in [-0.2, -0.15) is 0 Å². The van der Waals surface area contributed by atoms with Gasteiger partial charge in [-0.05, 0) is 69.8 Å². The first-order valence-corrected chi connectivity index (χ1v) is 10.1. The van der Waals surface area contributed by atoms with Crippen LogP contribution >= 0.6 is 0 Å². The predicted molar refractivity (Wildman–Crippen MR) is 117 cm³/mol. The Hall–Kier alpha value is -1.80. The van der Waals surface area contributed by atoms with E-state index in [1.807, 2.05) is 0 Å². The molecular weight excluding hydrogens is 316 g/mol. The Bertz CT molecular complexity index is 619. The summed E-state index contributed by atoms with van der Waals surface area (Å²) in [5.41, 5.74) is 6.37. The quantitative estimate of drug-likeness (QED) is 0.441. The van der Waals surface area contributed by atoms with Crippen LogP contribution in [-0.4, -0.2) is 29.4 Å². The molecule has 0 amide bonds. The topological polar surface area (TPSA) is 6.48 Å². The number of aryl methyl sites for hydroxylation is 1. The van der Waals surface area contributed by atoms with Gasteiger partial charge in [-0.25, -0.2) is 0 Å². The van der Waals surface area contributed by atoms with E-state index in [0.29, 0.717) is 0 Å². The number of nitrogens with zero attached hydrogens (tertiary/aromatic N) is 2. The van der Waals surface area contributed by atoms with Gasteiger partial charge in [-0.15, -0.1) is 0 Å². The monoisotopic (exact) mass is 354 g/mol. The zero-order valence-electron chi connectivity index (χ0n) is 17.8. The molecule has 0 aliphatic heterocycles. The molecule has 0 saturated heterocycles. The molecule has 26 heavy (non-hydrogen) atoms. The van der Waals surface area contributed by atoms with Crippen LogP contribution in [0.25, 0.3) is 5.57 Å². The van der Waals surface area contributed by atoms with E-state index >= 15 is 0 Å². The van der Waals surface area contributed by atoms with E-state index in [1.54, 1.807) is 0 Å². The van der Waals surface area contributed by atoms with Crippen LogP contribution in [0.1, 0.15) is 65.0 Å². The molecule has 0 heterocycles. The fraction of sp³-hybridized carbons (Fsp3) is 0.500. The van der Waals surface area contributed by atoms with Crippen molar-refractivity contribution < 1.29 is 0 Å². The highest BCUT2D eigenvalue weighted by molar-refractivity contribution is 5.68. The Morgan fingerprint density at radius 3 is 2.15 bits per heavy atom. The summed E-state index contributed by atoms with van der Waals surface area (Å²) < 4.78 is 0. The third-order valence-corrected chi connectivity index (χ3v) is 4.68. The maximum Gasteiger partial charge on any atom is 0.0387 e. The van der Waals surface area contributed by atoms with E-state index in [9.17, 15) is 0 Å². The molecule has 0 aliphatic carbocycles. The minimum Gasteiger partial charge on any atom is -0.324 e. The second-order valence-corrected chi connectivity index (χ2v) is 6.98. The summed E-state index contributed by atoms with van der Waals surface area (Å²) in [6, 6.07) is 8.63. The fourth-order valence-electron chi connectivity index (χ4n) is 3.32. The molecule has 0 unspecified atom stereocenters. The van der Waals surface area contributed by atoms with Gasteiger partial charge in [0.15, 0.2) is 0 Å². The lowest BCUT2D eigenvalue weighted by molar-refractivity contribution is 0.279. The van der Waals surface area contributed by atoms with Gasteiger partial charge in [0.05, 0.1) is 0 Å². The van der Waals surface area contributed by atoms with Crippen molar-refractivity contribution in [2.75, 3.05) is 19.6 Å². The fourth-order valence-corrected chi connectivity index (χ4v) is 3.32. The van der Waals surface area contributed by atoms with Crippen molar-refractivity contribution in [1.29, 1.82) is 0 Å². The number of rotatable bonds is 11. The van der Waals surface area contributed by atoms with Crippen LogP contribution in [-0.2, 0) is 0 Å². The second kappa shape index (κ2) is 11.7. The van der Waals surface area contributed by atoms with E-state index in [0.717, 1.165) is 31.8 Å². The molecule has 0 spiro atoms. The van der Waals surface area contributed by atoms with E-state index < -0.39 is 0 Å². The summed E-state index contributed by atoms with van der Waals surface area (Å²) in [4.78, 5) is 4.82. The van der Waals surface area contributed by atoms with Crippen molar-refractivity contribution in [1.82, 2.24) is 9.80 Å². The first-order valence-electron chi connectivity index (χ1n) is 10.1. The molecule has 0 aromatic heterocycles. The normalized spacial score (nSPS) is 12.6. The van der Waals surface area contributed by atoms with Crippen LogP contribution in [0.4, 0.5) is 0 Å². The average Bonchev–Trinajstić information content (AvgIpc) is 2.62. The average molecular weight is 355 g/mol. The third-order valence-electron chi connectivity index (χ3n) is 4.68. The first-order chi connectivity index (χ1) is 12.5. The van der Waals surface area contributed by atoms with Gasteiger partial charge in [0.25, 0.3) is 0 Å². The summed E-state index contributed by atoms with van der Waals surface area (Å²) in [6.45, 7) is 20.6. The van der Waals surface area contributed by atoms with Gasteiger partial charge >= 0.3 is 0 Å². The van der Waals surface area contributed by atoms with Gasteiger partial charge in [-0.3, -0.25) is 4.90 Å². The molecular formula is C24H38N2. The molecule has 0 bridgehead atoms. The van der Waals surface area contributed by atoms with Crippen LogP contribution in [0.15, 0.2) is 54.5 Å². The van der Waals surface area contributed by atoms with E-state index in [4.69, 9.17) is 0 Å². The molecule has 0 saturated carbocycles. The summed E-state index contributed by atoms with van der Waals surface area (Å²) in [7, 11) is 0. The zero-order valence-corrected chi connectivity index (χ0v) is 17.8. The smallest absolute Gasteiger partial charge is 0.0387 e. The third kappa shape index (κ3) is 6.49. The largest absolute Gasteiger partial charge is 0.324 e. The maximum absolute atomic E-state index is 4.25. The van der Waals surface area contributed by atoms with Crippen LogP contribution in [0.5, 0.6) is 0 Å². The highest BCUT2D eigenvalue weighted by Gasteiger charge is 2.14. The Labute approximate surface area is 161 Å². The highest BCUT2D eigenvalue weighted by Crippen LogP contribution is 2.25. The van der Waals surface area contributed by atoms with Crippen LogP contribution < -0.4 is 0 Å². The zero-order chi connectivity index (χ0) is 19.5. The summed E-state index contributed by atoms with van der Waals surface area (Å²) in [6.07, 6.45) is 7.89.